The second-order valence-electron chi connectivity index (χ2n) is 9.70. The molecule has 8 heteroatoms. The number of nitrogens with zero attached hydrogens (tertiary/aromatic N) is 2. The molecule has 5 nitrogen and oxygen atoms in total. The minimum atomic E-state index is -4.36. The summed E-state index contributed by atoms with van der Waals surface area (Å²) in [4.78, 5) is 16.7. The highest BCUT2D eigenvalue weighted by molar-refractivity contribution is 5.94. The minimum Gasteiger partial charge on any atom is -0.508 e. The molecule has 1 aliphatic heterocycles. The summed E-state index contributed by atoms with van der Waals surface area (Å²) in [5, 5.41) is 13.7. The number of carbonyl (C=O) groups is 1. The van der Waals surface area contributed by atoms with Crippen LogP contribution in [0.2, 0.25) is 0 Å². The van der Waals surface area contributed by atoms with Crippen LogP contribution < -0.4 is 5.32 Å². The molecular weight excluding hydrogens is 491 g/mol. The lowest BCUT2D eigenvalue weighted by atomic mass is 9.90. The Balaban J connectivity index is 1.48. The highest BCUT2D eigenvalue weighted by Crippen LogP contribution is 2.35. The lowest BCUT2D eigenvalue weighted by molar-refractivity contribution is -0.137. The maximum Gasteiger partial charge on any atom is 0.416 e. The molecule has 4 rings (SSSR count). The summed E-state index contributed by atoms with van der Waals surface area (Å²) in [6, 6.07) is 20.1. The molecule has 0 saturated carbocycles. The number of alkyl halides is 3. The van der Waals surface area contributed by atoms with Crippen LogP contribution in [-0.4, -0.2) is 46.5 Å². The van der Waals surface area contributed by atoms with E-state index in [1.807, 2.05) is 50.2 Å². The van der Waals surface area contributed by atoms with Crippen molar-refractivity contribution in [3.8, 4) is 5.75 Å². The molecule has 2 N–H and O–H groups in total. The lowest BCUT2D eigenvalue weighted by Crippen LogP contribution is -2.41. The number of amides is 1. The zero-order valence-electron chi connectivity index (χ0n) is 21.7. The van der Waals surface area contributed by atoms with Crippen LogP contribution in [0.15, 0.2) is 72.8 Å². The van der Waals surface area contributed by atoms with Crippen molar-refractivity contribution in [1.29, 1.82) is 0 Å². The summed E-state index contributed by atoms with van der Waals surface area (Å²) in [5.41, 5.74) is 2.70. The van der Waals surface area contributed by atoms with Crippen molar-refractivity contribution in [2.75, 3.05) is 25.0 Å². The number of nitrogens with one attached hydrogen (secondary N) is 1. The van der Waals surface area contributed by atoms with Gasteiger partial charge in [0.2, 0.25) is 0 Å². The summed E-state index contributed by atoms with van der Waals surface area (Å²) in [6.07, 6.45) is -2.76. The first-order chi connectivity index (χ1) is 18.2. The summed E-state index contributed by atoms with van der Waals surface area (Å²) >= 11 is 0. The fraction of sp³-hybridized carbons (Fsp3) is 0.367. The number of aromatic hydroxyl groups is 1. The average molecular weight is 526 g/mol. The molecule has 1 amide bonds. The molecule has 0 radical (unpaired) electrons. The number of hydrogen-bond donors (Lipinski definition) is 2. The predicted molar refractivity (Wildman–Crippen MR) is 143 cm³/mol. The van der Waals surface area contributed by atoms with Crippen molar-refractivity contribution in [2.45, 2.75) is 51.5 Å². The van der Waals surface area contributed by atoms with Crippen molar-refractivity contribution in [1.82, 2.24) is 9.80 Å². The van der Waals surface area contributed by atoms with Gasteiger partial charge in [-0.1, -0.05) is 24.3 Å². The molecule has 2 atom stereocenters. The molecule has 0 aliphatic carbocycles. The lowest BCUT2D eigenvalue weighted by Gasteiger charge is -2.40. The first kappa shape index (κ1) is 27.5. The van der Waals surface area contributed by atoms with Crippen molar-refractivity contribution in [3.63, 3.8) is 0 Å². The van der Waals surface area contributed by atoms with Crippen LogP contribution in [-0.2, 0) is 12.7 Å². The topological polar surface area (TPSA) is 55.8 Å². The molecule has 0 aromatic heterocycles. The van der Waals surface area contributed by atoms with Gasteiger partial charge in [-0.2, -0.15) is 13.2 Å². The molecule has 1 aliphatic rings. The SMILES string of the molecule is CCN(CC)C(=O)c1ccc(NC2CCN(Cc3ccc(C(F)(F)F)cc3)C(c3cccc(O)c3)C2)cc1. The Morgan fingerprint density at radius 1 is 1.03 bits per heavy atom. The molecule has 0 spiro atoms. The zero-order chi connectivity index (χ0) is 27.3. The first-order valence-corrected chi connectivity index (χ1v) is 13.0. The molecule has 1 saturated heterocycles. The third kappa shape index (κ3) is 6.67. The van der Waals surface area contributed by atoms with Gasteiger partial charge in [0, 0.05) is 49.5 Å². The number of hydrogen-bond acceptors (Lipinski definition) is 4. The zero-order valence-corrected chi connectivity index (χ0v) is 21.7. The Bertz CT molecular complexity index is 1210. The van der Waals surface area contributed by atoms with Gasteiger partial charge in [0.15, 0.2) is 0 Å². The number of phenolic OH excluding ortho intramolecular Hbond substituents is 1. The van der Waals surface area contributed by atoms with Crippen molar-refractivity contribution >= 4 is 11.6 Å². The van der Waals surface area contributed by atoms with Gasteiger partial charge >= 0.3 is 6.18 Å². The Labute approximate surface area is 221 Å². The van der Waals surface area contributed by atoms with E-state index < -0.39 is 11.7 Å². The molecule has 38 heavy (non-hydrogen) atoms. The Hall–Kier alpha value is -3.52. The first-order valence-electron chi connectivity index (χ1n) is 13.0. The van der Waals surface area contributed by atoms with E-state index in [0.717, 1.165) is 48.3 Å². The van der Waals surface area contributed by atoms with Gasteiger partial charge in [-0.3, -0.25) is 9.69 Å². The highest BCUT2D eigenvalue weighted by Gasteiger charge is 2.32. The van der Waals surface area contributed by atoms with E-state index in [4.69, 9.17) is 0 Å². The van der Waals surface area contributed by atoms with E-state index in [1.54, 1.807) is 17.0 Å². The molecule has 202 valence electrons. The maximum atomic E-state index is 13.0. The number of rotatable bonds is 8. The van der Waals surface area contributed by atoms with Crippen LogP contribution in [0.4, 0.5) is 18.9 Å². The summed E-state index contributed by atoms with van der Waals surface area (Å²) < 4.78 is 39.0. The van der Waals surface area contributed by atoms with Gasteiger partial charge in [-0.25, -0.2) is 0 Å². The molecule has 1 heterocycles. The standard InChI is InChI=1S/C30H34F3N3O2/c1-3-35(4-2)29(38)22-10-14-25(15-11-22)34-26-16-17-36(28(19-26)23-6-5-7-27(37)18-23)20-21-8-12-24(13-9-21)30(31,32)33/h5-15,18,26,28,34,37H,3-4,16-17,19-20H2,1-2H3. The second kappa shape index (κ2) is 11.9. The molecule has 2 unspecified atom stereocenters. The summed E-state index contributed by atoms with van der Waals surface area (Å²) in [5.74, 6) is 0.197. The van der Waals surface area contributed by atoms with Crippen LogP contribution in [0.25, 0.3) is 0 Å². The Morgan fingerprint density at radius 2 is 1.71 bits per heavy atom. The quantitative estimate of drug-likeness (QED) is 0.343. The Kier molecular flexibility index (Phi) is 8.62. The van der Waals surface area contributed by atoms with Gasteiger partial charge in [-0.15, -0.1) is 0 Å². The van der Waals surface area contributed by atoms with Crippen LogP contribution >= 0.6 is 0 Å². The number of benzene rings is 3. The van der Waals surface area contributed by atoms with Crippen LogP contribution in [0.5, 0.6) is 5.75 Å². The van der Waals surface area contributed by atoms with Gasteiger partial charge in [0.1, 0.15) is 5.75 Å². The van der Waals surface area contributed by atoms with E-state index in [-0.39, 0.29) is 23.7 Å². The van der Waals surface area contributed by atoms with E-state index in [9.17, 15) is 23.1 Å². The maximum absolute atomic E-state index is 13.0. The largest absolute Gasteiger partial charge is 0.508 e. The average Bonchev–Trinajstić information content (AvgIpc) is 2.90. The molecule has 3 aromatic rings. The van der Waals surface area contributed by atoms with Crippen LogP contribution in [0.1, 0.15) is 59.8 Å². The van der Waals surface area contributed by atoms with Gasteiger partial charge < -0.3 is 15.3 Å². The molecular formula is C30H34F3N3O2. The number of phenols is 1. The van der Waals surface area contributed by atoms with Crippen molar-refractivity contribution in [2.24, 2.45) is 0 Å². The Morgan fingerprint density at radius 3 is 2.32 bits per heavy atom. The number of anilines is 1. The monoisotopic (exact) mass is 525 g/mol. The predicted octanol–water partition coefficient (Wildman–Crippen LogP) is 6.71. The molecule has 3 aromatic carbocycles. The summed E-state index contributed by atoms with van der Waals surface area (Å²) in [6.45, 7) is 6.49. The van der Waals surface area contributed by atoms with Crippen molar-refractivity contribution < 1.29 is 23.1 Å². The van der Waals surface area contributed by atoms with Gasteiger partial charge in [0.25, 0.3) is 5.91 Å². The smallest absolute Gasteiger partial charge is 0.416 e. The number of likely N-dealkylation sites (tertiary alicyclic amines) is 1. The number of halogens is 3. The molecule has 1 fully saturated rings. The van der Waals surface area contributed by atoms with Gasteiger partial charge in [-0.05, 0) is 86.3 Å². The third-order valence-electron chi connectivity index (χ3n) is 7.19. The van der Waals surface area contributed by atoms with E-state index in [2.05, 4.69) is 10.2 Å². The van der Waals surface area contributed by atoms with Crippen LogP contribution in [0, 0.1) is 0 Å². The normalized spacial score (nSPS) is 18.2. The third-order valence-corrected chi connectivity index (χ3v) is 7.19. The van der Waals surface area contributed by atoms with Gasteiger partial charge in [0.05, 0.1) is 5.56 Å². The highest BCUT2D eigenvalue weighted by atomic mass is 19.4. The van der Waals surface area contributed by atoms with Crippen molar-refractivity contribution in [3.05, 3.63) is 95.1 Å². The fourth-order valence-electron chi connectivity index (χ4n) is 5.09. The number of carbonyl (C=O) groups excluding carboxylic acids is 1. The van der Waals surface area contributed by atoms with Crippen LogP contribution in [0.3, 0.4) is 0 Å². The minimum absolute atomic E-state index is 0.0158. The summed E-state index contributed by atoms with van der Waals surface area (Å²) in [7, 11) is 0. The molecule has 0 bridgehead atoms. The second-order valence-corrected chi connectivity index (χ2v) is 9.70. The fourth-order valence-corrected chi connectivity index (χ4v) is 5.09. The van der Waals surface area contributed by atoms with E-state index in [1.165, 1.54) is 12.1 Å². The van der Waals surface area contributed by atoms with E-state index >= 15 is 0 Å². The van der Waals surface area contributed by atoms with E-state index in [0.29, 0.717) is 25.2 Å². The number of piperidine rings is 1.